The van der Waals surface area contributed by atoms with Crippen LogP contribution in [0.4, 0.5) is 0 Å². The second-order valence-electron chi connectivity index (χ2n) is 6.83. The molecule has 136 valence electrons. The molecule has 0 bridgehead atoms. The molecule has 1 aromatic rings. The van der Waals surface area contributed by atoms with Crippen molar-refractivity contribution in [3.05, 3.63) is 33.8 Å². The van der Waals surface area contributed by atoms with Gasteiger partial charge in [-0.1, -0.05) is 35.7 Å². The zero-order valence-corrected chi connectivity index (χ0v) is 15.6. The van der Waals surface area contributed by atoms with Crippen molar-refractivity contribution in [2.24, 2.45) is 11.7 Å². The Labute approximate surface area is 158 Å². The largest absolute Gasteiger partial charge is 0.339 e. The Kier molecular flexibility index (Phi) is 5.87. The standard InChI is InChI=1S/C18H23Cl2N3O2/c19-14-5-2-4-13(17(14)20)18(25)23-9-7-22(8-10-23)16(24)11-12-3-1-6-15(12)21/h2,4-5,12,15H,1,3,6-11,21H2/t12-,15+/m0/s1. The number of carbonyl (C=O) groups excluding carboxylic acids is 2. The number of carbonyl (C=O) groups is 2. The highest BCUT2D eigenvalue weighted by atomic mass is 35.5. The summed E-state index contributed by atoms with van der Waals surface area (Å²) in [6.07, 6.45) is 3.69. The fourth-order valence-electron chi connectivity index (χ4n) is 3.67. The zero-order valence-electron chi connectivity index (χ0n) is 14.1. The van der Waals surface area contributed by atoms with Gasteiger partial charge in [-0.15, -0.1) is 0 Å². The third-order valence-electron chi connectivity index (χ3n) is 5.26. The van der Waals surface area contributed by atoms with Crippen LogP contribution in [-0.2, 0) is 4.79 Å². The Bertz CT molecular complexity index is 660. The summed E-state index contributed by atoms with van der Waals surface area (Å²) >= 11 is 12.1. The number of amides is 2. The summed E-state index contributed by atoms with van der Waals surface area (Å²) in [4.78, 5) is 28.7. The summed E-state index contributed by atoms with van der Waals surface area (Å²) in [5.41, 5.74) is 6.47. The SMILES string of the molecule is N[C@@H]1CCC[C@H]1CC(=O)N1CCN(C(=O)c2cccc(Cl)c2Cl)CC1. The van der Waals surface area contributed by atoms with Gasteiger partial charge in [0.25, 0.3) is 5.91 Å². The van der Waals surface area contributed by atoms with Gasteiger partial charge in [0, 0.05) is 38.6 Å². The molecular weight excluding hydrogens is 361 g/mol. The summed E-state index contributed by atoms with van der Waals surface area (Å²) < 4.78 is 0. The molecule has 0 unspecified atom stereocenters. The first-order valence-electron chi connectivity index (χ1n) is 8.74. The van der Waals surface area contributed by atoms with Crippen LogP contribution in [0.3, 0.4) is 0 Å². The zero-order chi connectivity index (χ0) is 18.0. The smallest absolute Gasteiger partial charge is 0.255 e. The molecule has 2 N–H and O–H groups in total. The Morgan fingerprint density at radius 3 is 2.40 bits per heavy atom. The lowest BCUT2D eigenvalue weighted by atomic mass is 9.99. The number of hydrogen-bond acceptors (Lipinski definition) is 3. The molecule has 1 saturated heterocycles. The molecule has 25 heavy (non-hydrogen) atoms. The van der Waals surface area contributed by atoms with Crippen LogP contribution in [0.15, 0.2) is 18.2 Å². The number of hydrogen-bond donors (Lipinski definition) is 1. The van der Waals surface area contributed by atoms with Crippen LogP contribution < -0.4 is 5.73 Å². The van der Waals surface area contributed by atoms with Gasteiger partial charge in [0.15, 0.2) is 0 Å². The maximum Gasteiger partial charge on any atom is 0.255 e. The first kappa shape index (κ1) is 18.5. The van der Waals surface area contributed by atoms with Gasteiger partial charge in [-0.25, -0.2) is 0 Å². The van der Waals surface area contributed by atoms with E-state index in [0.29, 0.717) is 49.1 Å². The highest BCUT2D eigenvalue weighted by Gasteiger charge is 2.30. The van der Waals surface area contributed by atoms with E-state index < -0.39 is 0 Å². The first-order chi connectivity index (χ1) is 12.0. The van der Waals surface area contributed by atoms with Crippen LogP contribution in [0.2, 0.25) is 10.0 Å². The minimum Gasteiger partial charge on any atom is -0.339 e. The Balaban J connectivity index is 1.55. The van der Waals surface area contributed by atoms with E-state index in [4.69, 9.17) is 28.9 Å². The van der Waals surface area contributed by atoms with Crippen molar-refractivity contribution in [1.82, 2.24) is 9.80 Å². The summed E-state index contributed by atoms with van der Waals surface area (Å²) in [5.74, 6) is 0.310. The predicted molar refractivity (Wildman–Crippen MR) is 98.9 cm³/mol. The molecular formula is C18H23Cl2N3O2. The molecule has 2 aliphatic rings. The van der Waals surface area contributed by atoms with Crippen LogP contribution in [0.5, 0.6) is 0 Å². The minimum absolute atomic E-state index is 0.141. The Morgan fingerprint density at radius 1 is 1.08 bits per heavy atom. The van der Waals surface area contributed by atoms with Gasteiger partial charge < -0.3 is 15.5 Å². The van der Waals surface area contributed by atoms with E-state index in [9.17, 15) is 9.59 Å². The topological polar surface area (TPSA) is 66.6 Å². The van der Waals surface area contributed by atoms with E-state index in [1.54, 1.807) is 23.1 Å². The molecule has 2 fully saturated rings. The molecule has 1 aliphatic carbocycles. The van der Waals surface area contributed by atoms with E-state index in [1.165, 1.54) is 0 Å². The highest BCUT2D eigenvalue weighted by Crippen LogP contribution is 2.28. The number of rotatable bonds is 3. The second kappa shape index (κ2) is 7.94. The van der Waals surface area contributed by atoms with Crippen LogP contribution in [0.1, 0.15) is 36.0 Å². The maximum absolute atomic E-state index is 12.6. The fraction of sp³-hybridized carbons (Fsp3) is 0.556. The van der Waals surface area contributed by atoms with E-state index >= 15 is 0 Å². The monoisotopic (exact) mass is 383 g/mol. The number of benzene rings is 1. The fourth-order valence-corrected chi connectivity index (χ4v) is 4.05. The second-order valence-corrected chi connectivity index (χ2v) is 7.62. The molecule has 1 aliphatic heterocycles. The van der Waals surface area contributed by atoms with Crippen LogP contribution in [0.25, 0.3) is 0 Å². The maximum atomic E-state index is 12.6. The molecule has 3 rings (SSSR count). The predicted octanol–water partition coefficient (Wildman–Crippen LogP) is 2.80. The van der Waals surface area contributed by atoms with E-state index in [0.717, 1.165) is 19.3 Å². The molecule has 7 heteroatoms. The number of nitrogens with two attached hydrogens (primary N) is 1. The van der Waals surface area contributed by atoms with E-state index in [-0.39, 0.29) is 22.9 Å². The molecule has 1 saturated carbocycles. The van der Waals surface area contributed by atoms with Crippen molar-refractivity contribution in [1.29, 1.82) is 0 Å². The summed E-state index contributed by atoms with van der Waals surface area (Å²) in [5, 5.41) is 0.650. The lowest BCUT2D eigenvalue weighted by Crippen LogP contribution is -2.51. The number of piperazine rings is 1. The van der Waals surface area contributed by atoms with Gasteiger partial charge in [0.2, 0.25) is 5.91 Å². The van der Waals surface area contributed by atoms with Gasteiger partial charge >= 0.3 is 0 Å². The number of halogens is 2. The van der Waals surface area contributed by atoms with Gasteiger partial charge in [0.1, 0.15) is 0 Å². The Morgan fingerprint density at radius 2 is 1.76 bits per heavy atom. The third kappa shape index (κ3) is 4.10. The van der Waals surface area contributed by atoms with Crippen molar-refractivity contribution in [2.45, 2.75) is 31.7 Å². The van der Waals surface area contributed by atoms with Crippen molar-refractivity contribution < 1.29 is 9.59 Å². The molecule has 1 aromatic carbocycles. The highest BCUT2D eigenvalue weighted by molar-refractivity contribution is 6.43. The number of nitrogens with zero attached hydrogens (tertiary/aromatic N) is 2. The third-order valence-corrected chi connectivity index (χ3v) is 6.08. The summed E-state index contributed by atoms with van der Waals surface area (Å²) in [6.45, 7) is 2.10. The van der Waals surface area contributed by atoms with E-state index in [1.807, 2.05) is 4.90 Å². The van der Waals surface area contributed by atoms with Crippen molar-refractivity contribution in [3.8, 4) is 0 Å². The lowest BCUT2D eigenvalue weighted by molar-refractivity contribution is -0.133. The van der Waals surface area contributed by atoms with Crippen molar-refractivity contribution in [2.75, 3.05) is 26.2 Å². The molecule has 0 radical (unpaired) electrons. The Hall–Kier alpha value is -1.30. The van der Waals surface area contributed by atoms with Gasteiger partial charge in [-0.2, -0.15) is 0 Å². The molecule has 5 nitrogen and oxygen atoms in total. The molecule has 2 amide bonds. The molecule has 0 aromatic heterocycles. The van der Waals surface area contributed by atoms with Gasteiger partial charge in [-0.05, 0) is 30.9 Å². The van der Waals surface area contributed by atoms with Crippen LogP contribution in [0, 0.1) is 5.92 Å². The van der Waals surface area contributed by atoms with Crippen LogP contribution in [-0.4, -0.2) is 53.8 Å². The average molecular weight is 384 g/mol. The van der Waals surface area contributed by atoms with Gasteiger partial charge in [-0.3, -0.25) is 9.59 Å². The quantitative estimate of drug-likeness (QED) is 0.872. The summed E-state index contributed by atoms with van der Waals surface area (Å²) in [7, 11) is 0. The average Bonchev–Trinajstić information content (AvgIpc) is 3.01. The van der Waals surface area contributed by atoms with Crippen LogP contribution >= 0.6 is 23.2 Å². The molecule has 0 spiro atoms. The minimum atomic E-state index is -0.141. The first-order valence-corrected chi connectivity index (χ1v) is 9.49. The van der Waals surface area contributed by atoms with Crippen molar-refractivity contribution >= 4 is 35.0 Å². The van der Waals surface area contributed by atoms with Gasteiger partial charge in [0.05, 0.1) is 15.6 Å². The summed E-state index contributed by atoms with van der Waals surface area (Å²) in [6, 6.07) is 5.20. The van der Waals surface area contributed by atoms with Crippen molar-refractivity contribution in [3.63, 3.8) is 0 Å². The normalized spacial score (nSPS) is 23.8. The molecule has 1 heterocycles. The van der Waals surface area contributed by atoms with E-state index in [2.05, 4.69) is 0 Å². The lowest BCUT2D eigenvalue weighted by Gasteiger charge is -2.35. The molecule has 2 atom stereocenters.